The lowest BCUT2D eigenvalue weighted by Gasteiger charge is -1.99. The molecule has 0 fully saturated rings. The molecule has 0 bridgehead atoms. The van der Waals surface area contributed by atoms with Gasteiger partial charge in [0.05, 0.1) is 0 Å². The second kappa shape index (κ2) is 3.84. The fraction of sp³-hybridized carbons (Fsp3) is 0.444. The van der Waals surface area contributed by atoms with E-state index >= 15 is 0 Å². The molecule has 7 heteroatoms. The molecule has 0 spiro atoms. The van der Waals surface area contributed by atoms with Crippen molar-refractivity contribution in [2.75, 3.05) is 11.9 Å². The molecule has 16 heavy (non-hydrogen) atoms. The molecule has 0 saturated carbocycles. The Morgan fingerprint density at radius 3 is 2.69 bits per heavy atom. The minimum atomic E-state index is -0.443. The maximum Gasteiger partial charge on any atom is 0.330 e. The molecule has 86 valence electrons. The average molecular weight is 223 g/mol. The highest BCUT2D eigenvalue weighted by molar-refractivity contribution is 5.72. The number of aromatic amines is 2. The van der Waals surface area contributed by atoms with Crippen LogP contribution in [-0.2, 0) is 6.54 Å². The van der Waals surface area contributed by atoms with Crippen LogP contribution in [0, 0.1) is 0 Å². The lowest BCUT2D eigenvalue weighted by molar-refractivity contribution is 0.720. The third-order valence-electron chi connectivity index (χ3n) is 2.29. The summed E-state index contributed by atoms with van der Waals surface area (Å²) in [7, 11) is 0. The van der Waals surface area contributed by atoms with Gasteiger partial charge in [0, 0.05) is 13.1 Å². The third-order valence-corrected chi connectivity index (χ3v) is 2.29. The fourth-order valence-corrected chi connectivity index (χ4v) is 1.59. The predicted molar refractivity (Wildman–Crippen MR) is 60.8 cm³/mol. The predicted octanol–water partition coefficient (Wildman–Crippen LogP) is -0.135. The van der Waals surface area contributed by atoms with E-state index in [9.17, 15) is 9.59 Å². The molecular weight excluding hydrogens is 210 g/mol. The van der Waals surface area contributed by atoms with Gasteiger partial charge in [-0.25, -0.2) is 4.79 Å². The number of anilines is 1. The van der Waals surface area contributed by atoms with Crippen molar-refractivity contribution in [3.05, 3.63) is 20.8 Å². The summed E-state index contributed by atoms with van der Waals surface area (Å²) >= 11 is 0. The molecule has 0 aliphatic heterocycles. The molecular formula is C9H13N5O2. The molecule has 2 aromatic heterocycles. The van der Waals surface area contributed by atoms with Crippen LogP contribution in [0.25, 0.3) is 11.2 Å². The Morgan fingerprint density at radius 1 is 1.31 bits per heavy atom. The van der Waals surface area contributed by atoms with Gasteiger partial charge in [-0.2, -0.15) is 4.98 Å². The Hall–Kier alpha value is -2.05. The number of nitrogens with one attached hydrogen (secondary N) is 3. The Labute approximate surface area is 90.5 Å². The van der Waals surface area contributed by atoms with Gasteiger partial charge in [-0.3, -0.25) is 14.3 Å². The van der Waals surface area contributed by atoms with Gasteiger partial charge in [-0.15, -0.1) is 0 Å². The van der Waals surface area contributed by atoms with Gasteiger partial charge >= 0.3 is 5.69 Å². The van der Waals surface area contributed by atoms with Crippen molar-refractivity contribution in [2.45, 2.75) is 20.4 Å². The number of H-pyrrole nitrogens is 2. The van der Waals surface area contributed by atoms with Crippen LogP contribution in [0.1, 0.15) is 13.8 Å². The largest absolute Gasteiger partial charge is 0.356 e. The zero-order chi connectivity index (χ0) is 11.7. The number of hydrogen-bond donors (Lipinski definition) is 3. The molecule has 2 heterocycles. The summed E-state index contributed by atoms with van der Waals surface area (Å²) in [5.74, 6) is 0.496. The monoisotopic (exact) mass is 223 g/mol. The summed E-state index contributed by atoms with van der Waals surface area (Å²) in [5, 5.41) is 2.96. The van der Waals surface area contributed by atoms with E-state index in [-0.39, 0.29) is 0 Å². The first-order chi connectivity index (χ1) is 7.67. The molecule has 0 aliphatic carbocycles. The molecule has 0 aromatic carbocycles. The molecule has 2 aromatic rings. The Kier molecular flexibility index (Phi) is 2.51. The van der Waals surface area contributed by atoms with Crippen molar-refractivity contribution >= 4 is 17.1 Å². The van der Waals surface area contributed by atoms with E-state index in [1.54, 1.807) is 0 Å². The van der Waals surface area contributed by atoms with Gasteiger partial charge in [0.15, 0.2) is 11.2 Å². The van der Waals surface area contributed by atoms with Gasteiger partial charge < -0.3 is 10.3 Å². The van der Waals surface area contributed by atoms with Crippen LogP contribution in [0.3, 0.4) is 0 Å². The number of fused-ring (bicyclic) bond motifs is 1. The molecule has 0 saturated heterocycles. The van der Waals surface area contributed by atoms with Crippen LogP contribution in [0.15, 0.2) is 9.59 Å². The standard InChI is InChI=1S/C9H13N5O2/c1-3-10-8-11-5-6(12-8)14(4-2)9(16)13-7(5)15/h3-4H2,1-2H3,(H2,10,11,12)(H,13,15,16). The van der Waals surface area contributed by atoms with E-state index in [1.165, 1.54) is 4.57 Å². The maximum absolute atomic E-state index is 11.5. The first-order valence-corrected chi connectivity index (χ1v) is 5.14. The first-order valence-electron chi connectivity index (χ1n) is 5.14. The van der Waals surface area contributed by atoms with Gasteiger partial charge in [-0.1, -0.05) is 0 Å². The minimum absolute atomic E-state index is 0.317. The molecule has 3 N–H and O–H groups in total. The van der Waals surface area contributed by atoms with Crippen LogP contribution >= 0.6 is 0 Å². The zero-order valence-corrected chi connectivity index (χ0v) is 9.13. The number of imidazole rings is 1. The SMILES string of the molecule is CCNc1nc2c([nH]1)c(=O)[nH]c(=O)n2CC. The smallest absolute Gasteiger partial charge is 0.330 e. The van der Waals surface area contributed by atoms with Crippen molar-refractivity contribution < 1.29 is 0 Å². The summed E-state index contributed by atoms with van der Waals surface area (Å²) in [5.41, 5.74) is -0.180. The highest BCUT2D eigenvalue weighted by Gasteiger charge is 2.10. The highest BCUT2D eigenvalue weighted by Crippen LogP contribution is 2.07. The van der Waals surface area contributed by atoms with Crippen molar-refractivity contribution in [2.24, 2.45) is 0 Å². The fourth-order valence-electron chi connectivity index (χ4n) is 1.59. The molecule has 2 rings (SSSR count). The summed E-state index contributed by atoms with van der Waals surface area (Å²) in [4.78, 5) is 32.3. The molecule has 0 aliphatic rings. The van der Waals surface area contributed by atoms with E-state index in [4.69, 9.17) is 0 Å². The van der Waals surface area contributed by atoms with Gasteiger partial charge in [-0.05, 0) is 13.8 Å². The molecule has 0 atom stereocenters. The molecule has 0 radical (unpaired) electrons. The quantitative estimate of drug-likeness (QED) is 0.675. The normalized spacial score (nSPS) is 10.9. The third kappa shape index (κ3) is 1.50. The van der Waals surface area contributed by atoms with E-state index in [0.29, 0.717) is 30.2 Å². The number of nitrogens with zero attached hydrogens (tertiary/aromatic N) is 2. The highest BCUT2D eigenvalue weighted by atomic mass is 16.2. The first kappa shape index (κ1) is 10.5. The Balaban J connectivity index is 2.79. The Bertz CT molecular complexity index is 621. The Morgan fingerprint density at radius 2 is 2.06 bits per heavy atom. The molecule has 0 unspecified atom stereocenters. The van der Waals surface area contributed by atoms with E-state index in [2.05, 4.69) is 20.3 Å². The maximum atomic E-state index is 11.5. The van der Waals surface area contributed by atoms with E-state index in [1.807, 2.05) is 13.8 Å². The lowest BCUT2D eigenvalue weighted by Crippen LogP contribution is -2.29. The van der Waals surface area contributed by atoms with Crippen LogP contribution in [0.2, 0.25) is 0 Å². The summed E-state index contributed by atoms with van der Waals surface area (Å²) < 4.78 is 1.41. The van der Waals surface area contributed by atoms with Crippen molar-refractivity contribution in [1.29, 1.82) is 0 Å². The summed E-state index contributed by atoms with van der Waals surface area (Å²) in [6, 6.07) is 0. The van der Waals surface area contributed by atoms with Crippen LogP contribution in [0.4, 0.5) is 5.95 Å². The number of aromatic nitrogens is 4. The van der Waals surface area contributed by atoms with Gasteiger partial charge in [0.2, 0.25) is 5.95 Å². The average Bonchev–Trinajstić information content (AvgIpc) is 2.63. The number of aryl methyl sites for hydroxylation is 1. The molecule has 7 nitrogen and oxygen atoms in total. The van der Waals surface area contributed by atoms with E-state index in [0.717, 1.165) is 0 Å². The summed E-state index contributed by atoms with van der Waals surface area (Å²) in [6.45, 7) is 4.89. The van der Waals surface area contributed by atoms with Crippen LogP contribution in [0.5, 0.6) is 0 Å². The number of rotatable bonds is 3. The zero-order valence-electron chi connectivity index (χ0n) is 9.13. The number of hydrogen-bond acceptors (Lipinski definition) is 4. The van der Waals surface area contributed by atoms with Crippen molar-refractivity contribution in [3.63, 3.8) is 0 Å². The van der Waals surface area contributed by atoms with E-state index < -0.39 is 11.2 Å². The van der Waals surface area contributed by atoms with Crippen molar-refractivity contribution in [3.8, 4) is 0 Å². The second-order valence-electron chi connectivity index (χ2n) is 3.32. The van der Waals surface area contributed by atoms with Gasteiger partial charge in [0.1, 0.15) is 0 Å². The summed E-state index contributed by atoms with van der Waals surface area (Å²) in [6.07, 6.45) is 0. The van der Waals surface area contributed by atoms with Gasteiger partial charge in [0.25, 0.3) is 5.56 Å². The second-order valence-corrected chi connectivity index (χ2v) is 3.32. The van der Waals surface area contributed by atoms with Crippen molar-refractivity contribution in [1.82, 2.24) is 19.5 Å². The van der Waals surface area contributed by atoms with Crippen LogP contribution in [-0.4, -0.2) is 26.1 Å². The lowest BCUT2D eigenvalue weighted by atomic mass is 10.5. The molecule has 0 amide bonds. The topological polar surface area (TPSA) is 95.6 Å². The minimum Gasteiger partial charge on any atom is -0.356 e. The van der Waals surface area contributed by atoms with Crippen LogP contribution < -0.4 is 16.6 Å².